The minimum atomic E-state index is -0.149. The van der Waals surface area contributed by atoms with E-state index in [2.05, 4.69) is 32.0 Å². The van der Waals surface area contributed by atoms with Gasteiger partial charge in [0.2, 0.25) is 5.95 Å². The van der Waals surface area contributed by atoms with Gasteiger partial charge in [0, 0.05) is 50.9 Å². The summed E-state index contributed by atoms with van der Waals surface area (Å²) in [7, 11) is 3.71. The van der Waals surface area contributed by atoms with Crippen molar-refractivity contribution >= 4 is 5.95 Å². The van der Waals surface area contributed by atoms with Gasteiger partial charge in [-0.2, -0.15) is 0 Å². The molecule has 0 bridgehead atoms. The number of nitrogens with zero attached hydrogens (tertiary/aromatic N) is 7. The molecule has 1 saturated heterocycles. The van der Waals surface area contributed by atoms with Crippen LogP contribution >= 0.6 is 0 Å². The minimum absolute atomic E-state index is 0.136. The highest BCUT2D eigenvalue weighted by atomic mass is 16.5. The van der Waals surface area contributed by atoms with E-state index >= 15 is 0 Å². The zero-order valence-electron chi connectivity index (χ0n) is 17.9. The van der Waals surface area contributed by atoms with Gasteiger partial charge in [-0.1, -0.05) is 18.2 Å². The van der Waals surface area contributed by atoms with E-state index in [4.69, 9.17) is 9.72 Å². The highest BCUT2D eigenvalue weighted by Crippen LogP contribution is 2.28. The summed E-state index contributed by atoms with van der Waals surface area (Å²) in [5.41, 5.74) is 3.11. The van der Waals surface area contributed by atoms with Crippen LogP contribution in [0, 0.1) is 0 Å². The Balaban J connectivity index is 1.46. The van der Waals surface area contributed by atoms with Crippen LogP contribution in [0.15, 0.2) is 66.1 Å². The molecule has 32 heavy (non-hydrogen) atoms. The quantitative estimate of drug-likeness (QED) is 0.491. The molecule has 1 atom stereocenters. The molecule has 1 fully saturated rings. The molecule has 9 nitrogen and oxygen atoms in total. The third-order valence-corrected chi connectivity index (χ3v) is 5.64. The standard InChI is InChI=1S/C23H23N7O2/c1-28-9-8-25-22(28)17-5-3-4-16(12-17)20-14-30(10-11-32-20)23-27-19(13-21(31)29(23)2)18-6-7-24-15-26-18/h3-9,12-13,15,20H,10-11,14H2,1-2H3. The van der Waals surface area contributed by atoms with Crippen molar-refractivity contribution in [3.8, 4) is 22.8 Å². The van der Waals surface area contributed by atoms with Crippen LogP contribution in [0.2, 0.25) is 0 Å². The summed E-state index contributed by atoms with van der Waals surface area (Å²) in [6.45, 7) is 1.76. The summed E-state index contributed by atoms with van der Waals surface area (Å²) >= 11 is 0. The van der Waals surface area contributed by atoms with Crippen molar-refractivity contribution in [2.24, 2.45) is 14.1 Å². The van der Waals surface area contributed by atoms with E-state index < -0.39 is 0 Å². The first kappa shape index (κ1) is 20.1. The molecular formula is C23H23N7O2. The predicted octanol–water partition coefficient (Wildman–Crippen LogP) is 2.22. The van der Waals surface area contributed by atoms with E-state index in [-0.39, 0.29) is 11.7 Å². The lowest BCUT2D eigenvalue weighted by atomic mass is 10.0. The van der Waals surface area contributed by atoms with E-state index in [1.807, 2.05) is 29.9 Å². The van der Waals surface area contributed by atoms with Crippen molar-refractivity contribution in [3.05, 3.63) is 77.2 Å². The second-order valence-corrected chi connectivity index (χ2v) is 7.73. The Morgan fingerprint density at radius 2 is 1.97 bits per heavy atom. The number of imidazole rings is 1. The van der Waals surface area contributed by atoms with E-state index in [1.54, 1.807) is 30.1 Å². The summed E-state index contributed by atoms with van der Waals surface area (Å²) in [6.07, 6.45) is 6.66. The monoisotopic (exact) mass is 429 g/mol. The lowest BCUT2D eigenvalue weighted by Crippen LogP contribution is -2.41. The Hall–Kier alpha value is -3.85. The maximum absolute atomic E-state index is 12.6. The third-order valence-electron chi connectivity index (χ3n) is 5.64. The molecule has 1 aromatic carbocycles. The number of rotatable bonds is 4. The molecule has 1 aliphatic rings. The molecule has 162 valence electrons. The number of benzene rings is 1. The first-order valence-corrected chi connectivity index (χ1v) is 10.4. The van der Waals surface area contributed by atoms with Crippen LogP contribution in [-0.2, 0) is 18.8 Å². The second kappa shape index (κ2) is 8.35. The SMILES string of the molecule is Cn1ccnc1-c1cccc(C2CN(c3nc(-c4ccncn4)cc(=O)n3C)CCO2)c1. The number of morpholine rings is 1. The van der Waals surface area contributed by atoms with E-state index in [9.17, 15) is 4.79 Å². The fraction of sp³-hybridized carbons (Fsp3) is 0.261. The van der Waals surface area contributed by atoms with Crippen molar-refractivity contribution in [2.45, 2.75) is 6.10 Å². The van der Waals surface area contributed by atoms with E-state index in [0.29, 0.717) is 37.0 Å². The maximum atomic E-state index is 12.6. The van der Waals surface area contributed by atoms with Gasteiger partial charge in [0.15, 0.2) is 0 Å². The predicted molar refractivity (Wildman–Crippen MR) is 120 cm³/mol. The first-order valence-electron chi connectivity index (χ1n) is 10.4. The summed E-state index contributed by atoms with van der Waals surface area (Å²) in [6, 6.07) is 11.5. The largest absolute Gasteiger partial charge is 0.370 e. The zero-order valence-corrected chi connectivity index (χ0v) is 17.9. The number of aromatic nitrogens is 6. The average molecular weight is 429 g/mol. The number of hydrogen-bond acceptors (Lipinski definition) is 7. The Labute approximate surface area is 185 Å². The summed E-state index contributed by atoms with van der Waals surface area (Å²) in [4.78, 5) is 32.1. The lowest BCUT2D eigenvalue weighted by molar-refractivity contribution is 0.0390. The van der Waals surface area contributed by atoms with Gasteiger partial charge in [-0.15, -0.1) is 0 Å². The summed E-state index contributed by atoms with van der Waals surface area (Å²) < 4.78 is 9.66. The topological polar surface area (TPSA) is 91.0 Å². The molecule has 1 aliphatic heterocycles. The van der Waals surface area contributed by atoms with E-state index in [0.717, 1.165) is 17.0 Å². The van der Waals surface area contributed by atoms with E-state index in [1.165, 1.54) is 12.4 Å². The van der Waals surface area contributed by atoms with Crippen molar-refractivity contribution in [3.63, 3.8) is 0 Å². The average Bonchev–Trinajstić information content (AvgIpc) is 3.27. The smallest absolute Gasteiger partial charge is 0.255 e. The third kappa shape index (κ3) is 3.78. The summed E-state index contributed by atoms with van der Waals surface area (Å²) in [5.74, 6) is 1.50. The number of anilines is 1. The molecule has 3 aromatic heterocycles. The highest BCUT2D eigenvalue weighted by molar-refractivity contribution is 5.57. The number of ether oxygens (including phenoxy) is 1. The molecule has 0 N–H and O–H groups in total. The Kier molecular flexibility index (Phi) is 5.24. The summed E-state index contributed by atoms with van der Waals surface area (Å²) in [5, 5.41) is 0. The van der Waals surface area contributed by atoms with Crippen LogP contribution < -0.4 is 10.5 Å². The van der Waals surface area contributed by atoms with Gasteiger partial charge < -0.3 is 14.2 Å². The van der Waals surface area contributed by atoms with Gasteiger partial charge >= 0.3 is 0 Å². The lowest BCUT2D eigenvalue weighted by Gasteiger charge is -2.34. The van der Waals surface area contributed by atoms with Gasteiger partial charge in [0.25, 0.3) is 5.56 Å². The molecule has 5 rings (SSSR count). The van der Waals surface area contributed by atoms with Gasteiger partial charge in [-0.3, -0.25) is 9.36 Å². The molecule has 0 aliphatic carbocycles. The van der Waals surface area contributed by atoms with Crippen molar-refractivity contribution in [1.82, 2.24) is 29.1 Å². The van der Waals surface area contributed by atoms with Gasteiger partial charge in [-0.25, -0.2) is 19.9 Å². The Morgan fingerprint density at radius 1 is 1.06 bits per heavy atom. The van der Waals surface area contributed by atoms with Crippen LogP contribution in [-0.4, -0.2) is 48.8 Å². The van der Waals surface area contributed by atoms with Crippen LogP contribution in [0.25, 0.3) is 22.8 Å². The number of hydrogen-bond donors (Lipinski definition) is 0. The molecule has 9 heteroatoms. The molecule has 0 saturated carbocycles. The van der Waals surface area contributed by atoms with Gasteiger partial charge in [0.05, 0.1) is 24.5 Å². The van der Waals surface area contributed by atoms with Crippen molar-refractivity contribution in [1.29, 1.82) is 0 Å². The molecule has 4 heterocycles. The molecule has 4 aromatic rings. The van der Waals surface area contributed by atoms with Crippen LogP contribution in [0.1, 0.15) is 11.7 Å². The fourth-order valence-electron chi connectivity index (χ4n) is 3.94. The van der Waals surface area contributed by atoms with Crippen molar-refractivity contribution in [2.75, 3.05) is 24.6 Å². The maximum Gasteiger partial charge on any atom is 0.255 e. The van der Waals surface area contributed by atoms with Gasteiger partial charge in [0.1, 0.15) is 18.3 Å². The molecule has 0 spiro atoms. The normalized spacial score (nSPS) is 16.3. The molecule has 0 amide bonds. The van der Waals surface area contributed by atoms with Crippen LogP contribution in [0.4, 0.5) is 5.95 Å². The molecule has 0 radical (unpaired) electrons. The van der Waals surface area contributed by atoms with Crippen LogP contribution in [0.5, 0.6) is 0 Å². The molecule has 1 unspecified atom stereocenters. The number of aryl methyl sites for hydroxylation is 1. The Bertz CT molecular complexity index is 1300. The highest BCUT2D eigenvalue weighted by Gasteiger charge is 2.25. The fourth-order valence-corrected chi connectivity index (χ4v) is 3.94. The van der Waals surface area contributed by atoms with Crippen LogP contribution in [0.3, 0.4) is 0 Å². The second-order valence-electron chi connectivity index (χ2n) is 7.73. The van der Waals surface area contributed by atoms with Gasteiger partial charge in [-0.05, 0) is 17.7 Å². The van der Waals surface area contributed by atoms with Crippen molar-refractivity contribution < 1.29 is 4.74 Å². The zero-order chi connectivity index (χ0) is 22.1. The first-order chi connectivity index (χ1) is 15.6. The molecular weight excluding hydrogens is 406 g/mol. The minimum Gasteiger partial charge on any atom is -0.370 e. The Morgan fingerprint density at radius 3 is 2.75 bits per heavy atom.